The summed E-state index contributed by atoms with van der Waals surface area (Å²) in [5.74, 6) is 1.15. The molecule has 138 valence electrons. The minimum absolute atomic E-state index is 0.353. The lowest BCUT2D eigenvalue weighted by molar-refractivity contribution is 0.179. The molecular formula is C20H23BrN2O2S. The number of benzene rings is 1. The SMILES string of the molecule is CN(CCc1cnc(C(O)c2ccccc2)o1)Cc1ccc(CCBr)s1. The second-order valence-corrected chi connectivity index (χ2v) is 8.32. The molecule has 3 aromatic rings. The van der Waals surface area contributed by atoms with Crippen LogP contribution >= 0.6 is 27.3 Å². The number of hydrogen-bond donors (Lipinski definition) is 1. The number of likely N-dealkylation sites (N-methyl/N-ethyl adjacent to an activating group) is 1. The summed E-state index contributed by atoms with van der Waals surface area (Å²) in [7, 11) is 2.11. The van der Waals surface area contributed by atoms with Crippen LogP contribution in [0.15, 0.2) is 53.1 Å². The van der Waals surface area contributed by atoms with Crippen molar-refractivity contribution >= 4 is 27.3 Å². The summed E-state index contributed by atoms with van der Waals surface area (Å²) in [6, 6.07) is 13.9. The van der Waals surface area contributed by atoms with Gasteiger partial charge in [-0.05, 0) is 31.2 Å². The summed E-state index contributed by atoms with van der Waals surface area (Å²) in [5, 5.41) is 11.4. The van der Waals surface area contributed by atoms with E-state index in [-0.39, 0.29) is 0 Å². The number of hydrogen-bond acceptors (Lipinski definition) is 5. The Morgan fingerprint density at radius 2 is 1.92 bits per heavy atom. The first-order valence-electron chi connectivity index (χ1n) is 8.65. The topological polar surface area (TPSA) is 49.5 Å². The van der Waals surface area contributed by atoms with Crippen molar-refractivity contribution in [1.29, 1.82) is 0 Å². The fourth-order valence-electron chi connectivity index (χ4n) is 2.72. The van der Waals surface area contributed by atoms with Crippen molar-refractivity contribution in [2.75, 3.05) is 18.9 Å². The van der Waals surface area contributed by atoms with Crippen LogP contribution in [0.25, 0.3) is 0 Å². The predicted octanol–water partition coefficient (Wildman–Crippen LogP) is 4.43. The zero-order valence-electron chi connectivity index (χ0n) is 14.8. The van der Waals surface area contributed by atoms with Crippen LogP contribution in [-0.4, -0.2) is 33.9 Å². The number of aryl methyl sites for hydroxylation is 1. The third kappa shape index (κ3) is 5.27. The molecule has 6 heteroatoms. The standard InChI is InChI=1S/C20H23BrN2O2S/c1-23(14-18-8-7-17(26-18)9-11-21)12-10-16-13-22-20(25-16)19(24)15-5-3-2-4-6-15/h2-8,13,19,24H,9-12,14H2,1H3. The number of halogens is 1. The zero-order valence-corrected chi connectivity index (χ0v) is 17.2. The largest absolute Gasteiger partial charge is 0.442 e. The molecule has 0 bridgehead atoms. The van der Waals surface area contributed by atoms with Crippen LogP contribution in [0.2, 0.25) is 0 Å². The number of aliphatic hydroxyl groups excluding tert-OH is 1. The van der Waals surface area contributed by atoms with E-state index in [1.54, 1.807) is 6.20 Å². The van der Waals surface area contributed by atoms with E-state index < -0.39 is 6.10 Å². The molecule has 0 aliphatic heterocycles. The Kier molecular flexibility index (Phi) is 7.02. The minimum atomic E-state index is -0.818. The van der Waals surface area contributed by atoms with Crippen LogP contribution in [0.1, 0.15) is 33.1 Å². The van der Waals surface area contributed by atoms with Gasteiger partial charge in [0.15, 0.2) is 6.10 Å². The van der Waals surface area contributed by atoms with Crippen molar-refractivity contribution in [2.24, 2.45) is 0 Å². The molecule has 1 atom stereocenters. The summed E-state index contributed by atoms with van der Waals surface area (Å²) in [6.45, 7) is 1.81. The lowest BCUT2D eigenvalue weighted by Crippen LogP contribution is -2.20. The van der Waals surface area contributed by atoms with E-state index in [9.17, 15) is 5.11 Å². The highest BCUT2D eigenvalue weighted by Gasteiger charge is 2.16. The van der Waals surface area contributed by atoms with E-state index in [0.717, 1.165) is 42.6 Å². The third-order valence-corrected chi connectivity index (χ3v) is 5.67. The summed E-state index contributed by atoms with van der Waals surface area (Å²) >= 11 is 5.36. The number of aliphatic hydroxyl groups is 1. The fourth-order valence-corrected chi connectivity index (χ4v) is 4.51. The molecular weight excluding hydrogens is 412 g/mol. The van der Waals surface area contributed by atoms with E-state index in [2.05, 4.69) is 45.0 Å². The number of rotatable bonds is 9. The highest BCUT2D eigenvalue weighted by molar-refractivity contribution is 9.09. The quantitative estimate of drug-likeness (QED) is 0.506. The second kappa shape index (κ2) is 9.46. The van der Waals surface area contributed by atoms with Gasteiger partial charge in [0.05, 0.1) is 6.20 Å². The lowest BCUT2D eigenvalue weighted by atomic mass is 10.1. The molecule has 0 saturated heterocycles. The predicted molar refractivity (Wildman–Crippen MR) is 109 cm³/mol. The van der Waals surface area contributed by atoms with Crippen molar-refractivity contribution in [3.8, 4) is 0 Å². The first-order valence-corrected chi connectivity index (χ1v) is 10.6. The Bertz CT molecular complexity index is 803. The van der Waals surface area contributed by atoms with Gasteiger partial charge in [-0.3, -0.25) is 0 Å². The van der Waals surface area contributed by atoms with Crippen LogP contribution in [0.3, 0.4) is 0 Å². The average molecular weight is 435 g/mol. The summed E-state index contributed by atoms with van der Waals surface area (Å²) in [6.07, 6.45) is 2.75. The third-order valence-electron chi connectivity index (χ3n) is 4.14. The van der Waals surface area contributed by atoms with Gasteiger partial charge in [-0.2, -0.15) is 0 Å². The maximum atomic E-state index is 10.4. The molecule has 1 aromatic carbocycles. The number of oxazole rings is 1. The normalized spacial score (nSPS) is 12.6. The smallest absolute Gasteiger partial charge is 0.227 e. The molecule has 0 amide bonds. The van der Waals surface area contributed by atoms with Gasteiger partial charge in [0.25, 0.3) is 0 Å². The number of alkyl halides is 1. The fraction of sp³-hybridized carbons (Fsp3) is 0.350. The number of nitrogens with zero attached hydrogens (tertiary/aromatic N) is 2. The highest BCUT2D eigenvalue weighted by Crippen LogP contribution is 2.22. The molecule has 1 N–H and O–H groups in total. The molecule has 2 heterocycles. The molecule has 0 radical (unpaired) electrons. The van der Waals surface area contributed by atoms with Crippen molar-refractivity contribution in [1.82, 2.24) is 9.88 Å². The van der Waals surface area contributed by atoms with E-state index >= 15 is 0 Å². The van der Waals surface area contributed by atoms with Gasteiger partial charge in [-0.25, -0.2) is 4.98 Å². The maximum absolute atomic E-state index is 10.4. The van der Waals surface area contributed by atoms with Gasteiger partial charge in [-0.1, -0.05) is 46.3 Å². The Morgan fingerprint density at radius 3 is 2.69 bits per heavy atom. The van der Waals surface area contributed by atoms with Gasteiger partial charge in [0.2, 0.25) is 5.89 Å². The minimum Gasteiger partial charge on any atom is -0.442 e. The van der Waals surface area contributed by atoms with E-state index in [1.807, 2.05) is 41.7 Å². The van der Waals surface area contributed by atoms with Crippen molar-refractivity contribution in [3.05, 3.63) is 75.6 Å². The second-order valence-electron chi connectivity index (χ2n) is 6.27. The van der Waals surface area contributed by atoms with Gasteiger partial charge < -0.3 is 14.4 Å². The Balaban J connectivity index is 1.51. The molecule has 0 aliphatic rings. The monoisotopic (exact) mass is 434 g/mol. The lowest BCUT2D eigenvalue weighted by Gasteiger charge is -2.14. The molecule has 3 rings (SSSR count). The summed E-state index contributed by atoms with van der Waals surface area (Å²) < 4.78 is 5.75. The van der Waals surface area contributed by atoms with E-state index in [4.69, 9.17) is 4.42 Å². The van der Waals surface area contributed by atoms with Crippen molar-refractivity contribution in [3.63, 3.8) is 0 Å². The van der Waals surface area contributed by atoms with Gasteiger partial charge in [-0.15, -0.1) is 11.3 Å². The number of thiophene rings is 1. The maximum Gasteiger partial charge on any atom is 0.227 e. The molecule has 4 nitrogen and oxygen atoms in total. The first-order chi connectivity index (χ1) is 12.7. The van der Waals surface area contributed by atoms with E-state index in [1.165, 1.54) is 9.75 Å². The molecule has 0 saturated carbocycles. The van der Waals surface area contributed by atoms with Gasteiger partial charge in [0.1, 0.15) is 5.76 Å². The number of aromatic nitrogens is 1. The molecule has 0 aliphatic carbocycles. The van der Waals surface area contributed by atoms with Crippen LogP contribution in [0, 0.1) is 0 Å². The zero-order chi connectivity index (χ0) is 18.4. The summed E-state index contributed by atoms with van der Waals surface area (Å²) in [4.78, 5) is 9.31. The highest BCUT2D eigenvalue weighted by atomic mass is 79.9. The Labute approximate surface area is 166 Å². The Hall–Kier alpha value is -1.47. The Morgan fingerprint density at radius 1 is 1.15 bits per heavy atom. The van der Waals surface area contributed by atoms with Crippen LogP contribution in [0.5, 0.6) is 0 Å². The molecule has 26 heavy (non-hydrogen) atoms. The van der Waals surface area contributed by atoms with Gasteiger partial charge in [0, 0.05) is 34.6 Å². The first kappa shape index (κ1) is 19.3. The summed E-state index contributed by atoms with van der Waals surface area (Å²) in [5.41, 5.74) is 0.787. The molecule has 0 spiro atoms. The van der Waals surface area contributed by atoms with Crippen LogP contribution in [-0.2, 0) is 19.4 Å². The average Bonchev–Trinajstić information content (AvgIpc) is 3.30. The van der Waals surface area contributed by atoms with Crippen LogP contribution < -0.4 is 0 Å². The molecule has 0 fully saturated rings. The molecule has 2 aromatic heterocycles. The van der Waals surface area contributed by atoms with E-state index in [0.29, 0.717) is 5.89 Å². The van der Waals surface area contributed by atoms with Crippen LogP contribution in [0.4, 0.5) is 0 Å². The van der Waals surface area contributed by atoms with Gasteiger partial charge >= 0.3 is 0 Å². The van der Waals surface area contributed by atoms with Crippen molar-refractivity contribution < 1.29 is 9.52 Å². The molecule has 1 unspecified atom stereocenters. The van der Waals surface area contributed by atoms with Crippen molar-refractivity contribution in [2.45, 2.75) is 25.5 Å².